The average molecular weight is 1100 g/mol. The van der Waals surface area contributed by atoms with Crippen molar-refractivity contribution in [2.45, 2.75) is 369 Å². The Labute approximate surface area is 473 Å². The third-order valence-electron chi connectivity index (χ3n) is 13.4. The van der Waals surface area contributed by atoms with E-state index in [9.17, 15) is 29.7 Å². The van der Waals surface area contributed by atoms with Crippen molar-refractivity contribution in [3.63, 3.8) is 0 Å². The Kier molecular flexibility index (Phi) is 77.8. The van der Waals surface area contributed by atoms with E-state index in [1.54, 1.807) is 0 Å². The van der Waals surface area contributed by atoms with Gasteiger partial charge in [0, 0.05) is 17.9 Å². The summed E-state index contributed by atoms with van der Waals surface area (Å²) in [4.78, 5) is 30.7. The number of aliphatic carboxylic acids is 3. The zero-order valence-electron chi connectivity index (χ0n) is 50.4. The minimum atomic E-state index is -2.31. The third kappa shape index (κ3) is 82.6. The fraction of sp³-hybridized carbons (Fsp3) is 0.952. The summed E-state index contributed by atoms with van der Waals surface area (Å²) < 4.78 is 17.0. The number of rotatable bonds is 57. The molecule has 0 N–H and O–H groups in total. The van der Waals surface area contributed by atoms with E-state index in [2.05, 4.69) is 41.5 Å². The first-order valence-corrected chi connectivity index (χ1v) is 36.3. The van der Waals surface area contributed by atoms with Gasteiger partial charge in [-0.05, 0) is 38.5 Å². The second kappa shape index (κ2) is 72.2. The van der Waals surface area contributed by atoms with Crippen molar-refractivity contribution < 1.29 is 62.7 Å². The van der Waals surface area contributed by atoms with Crippen molar-refractivity contribution in [2.24, 2.45) is 0 Å². The summed E-state index contributed by atoms with van der Waals surface area (Å²) >= 11 is 1.98. The summed E-state index contributed by atoms with van der Waals surface area (Å²) in [5.41, 5.74) is 0. The molecular weight excluding hydrogens is 977 g/mol. The Morgan fingerprint density at radius 1 is 0.257 bits per heavy atom. The molecule has 0 aromatic rings. The molecule has 0 fully saturated rings. The number of unbranched alkanes of at least 4 members (excludes halogenated alkanes) is 42. The Bertz CT molecular complexity index is 941. The summed E-state index contributed by atoms with van der Waals surface area (Å²) in [7, 11) is 0. The summed E-state index contributed by atoms with van der Waals surface area (Å²) in [6, 6.07) is 0. The van der Waals surface area contributed by atoms with Gasteiger partial charge in [-0.3, -0.25) is 0 Å². The predicted octanol–water partition coefficient (Wildman–Crippen LogP) is 17.2. The normalized spacial score (nSPS) is 11.1. The van der Waals surface area contributed by atoms with Gasteiger partial charge in [0.25, 0.3) is 0 Å². The van der Waals surface area contributed by atoms with E-state index in [0.717, 1.165) is 77.6 Å². The summed E-state index contributed by atoms with van der Waals surface area (Å²) in [6.45, 7) is 13.0. The van der Waals surface area contributed by atoms with Crippen LogP contribution in [-0.2, 0) is 47.4 Å². The van der Waals surface area contributed by atoms with Gasteiger partial charge in [0.15, 0.2) is 0 Å². The molecule has 0 aromatic heterocycles. The van der Waals surface area contributed by atoms with Gasteiger partial charge in [0.1, 0.15) is 0 Å². The number of carboxylic acids is 3. The summed E-state index contributed by atoms with van der Waals surface area (Å²) in [5, 5.41) is 30.7. The molecule has 0 spiro atoms. The van der Waals surface area contributed by atoms with E-state index in [4.69, 9.17) is 13.3 Å². The average Bonchev–Trinajstić information content (AvgIpc) is 3.38. The van der Waals surface area contributed by atoms with Crippen LogP contribution in [0.15, 0.2) is 0 Å². The Balaban J connectivity index is -0.000000445. The Morgan fingerprint density at radius 3 is 0.514 bits per heavy atom. The molecule has 0 saturated carbocycles. The first-order chi connectivity index (χ1) is 36.0. The van der Waals surface area contributed by atoms with Crippen molar-refractivity contribution in [3.8, 4) is 0 Å². The van der Waals surface area contributed by atoms with Gasteiger partial charge in [0.05, 0.1) is 0 Å². The van der Waals surface area contributed by atoms with Crippen LogP contribution < -0.4 is 15.3 Å². The van der Waals surface area contributed by atoms with E-state index < -0.39 is 24.6 Å². The number of hydrogen-bond acceptors (Lipinski definition) is 9. The number of hydrogen-bond donors (Lipinski definition) is 0. The van der Waals surface area contributed by atoms with Gasteiger partial charge in [-0.15, -0.1) is 0 Å². The summed E-state index contributed by atoms with van der Waals surface area (Å²) in [6.07, 6.45) is 62.6. The van der Waals surface area contributed by atoms with Crippen molar-refractivity contribution in [2.75, 3.05) is 19.8 Å². The molecule has 0 rings (SSSR count). The SMILES string of the molecule is CCCCCCCCCCCCCCCCCC(=O)[O-].CCCCCCCCCCCCCCCCCC(=O)[O-].CCCCCCCCCCCCCCCCCC(=O)[O-].CCCO[Si]([Ti+3])(OCCC)OCCC. The van der Waals surface area contributed by atoms with Crippen LogP contribution in [0.25, 0.3) is 0 Å². The molecule has 0 bridgehead atoms. The molecule has 0 amide bonds. The van der Waals surface area contributed by atoms with Gasteiger partial charge in [-0.1, -0.05) is 290 Å². The molecule has 440 valence electrons. The zero-order chi connectivity index (χ0) is 55.5. The monoisotopic (exact) mass is 1100 g/mol. The van der Waals surface area contributed by atoms with Gasteiger partial charge in [0.2, 0.25) is 0 Å². The molecule has 0 aliphatic heterocycles. The molecule has 0 heterocycles. The fourth-order valence-corrected chi connectivity index (χ4v) is 11.9. The molecule has 0 aliphatic carbocycles. The van der Waals surface area contributed by atoms with Crippen molar-refractivity contribution in [3.05, 3.63) is 0 Å². The van der Waals surface area contributed by atoms with E-state index in [-0.39, 0.29) is 19.3 Å². The molecule has 0 aliphatic rings. The molecule has 0 radical (unpaired) electrons. The number of carbonyl (C=O) groups is 3. The van der Waals surface area contributed by atoms with Gasteiger partial charge in [-0.25, -0.2) is 0 Å². The van der Waals surface area contributed by atoms with Gasteiger partial charge in [-0.2, -0.15) is 0 Å². The predicted molar refractivity (Wildman–Crippen MR) is 308 cm³/mol. The number of carbonyl (C=O) groups excluding carboxylic acids is 3. The molecule has 11 heteroatoms. The quantitative estimate of drug-likeness (QED) is 0.0429. The van der Waals surface area contributed by atoms with Crippen molar-refractivity contribution >= 4 is 24.6 Å². The molecule has 0 unspecified atom stereocenters. The maximum absolute atomic E-state index is 10.2. The fourth-order valence-electron chi connectivity index (χ4n) is 8.76. The van der Waals surface area contributed by atoms with Crippen LogP contribution in [0.3, 0.4) is 0 Å². The van der Waals surface area contributed by atoms with E-state index in [1.807, 2.05) is 19.7 Å². The molecule has 0 atom stereocenters. The van der Waals surface area contributed by atoms with Crippen LogP contribution in [0.4, 0.5) is 0 Å². The van der Waals surface area contributed by atoms with Crippen LogP contribution in [0, 0.1) is 0 Å². The van der Waals surface area contributed by atoms with Crippen molar-refractivity contribution in [1.29, 1.82) is 0 Å². The first-order valence-electron chi connectivity index (χ1n) is 32.3. The Hall–Kier alpha value is -0.779. The topological polar surface area (TPSA) is 148 Å². The standard InChI is InChI=1S/3C18H36O2.C9H21O3Si.Ti/c3*1-2-3-4-5-6-7-8-9-10-11-12-13-14-15-16-17-18(19)20;1-4-7-10-13(11-8-5-2)12-9-6-3;/h3*2-17H2,1H3,(H,19,20);4-9H2,1-3H3;/q;;;;+3/p-3. The maximum atomic E-state index is 10.2. The molecule has 0 saturated heterocycles. The minimum absolute atomic E-state index is 0.234. The first kappa shape index (κ1) is 79.7. The number of carboxylic acid groups (broad SMARTS) is 3. The molecule has 0 aromatic carbocycles. The Morgan fingerprint density at radius 2 is 0.392 bits per heavy atom. The van der Waals surface area contributed by atoms with Crippen LogP contribution in [0.1, 0.15) is 369 Å². The van der Waals surface area contributed by atoms with Crippen LogP contribution in [-0.4, -0.2) is 44.4 Å². The van der Waals surface area contributed by atoms with Crippen LogP contribution in [0.2, 0.25) is 0 Å². The van der Waals surface area contributed by atoms with Crippen LogP contribution >= 0.6 is 0 Å². The van der Waals surface area contributed by atoms with E-state index >= 15 is 0 Å². The van der Waals surface area contributed by atoms with Gasteiger partial charge < -0.3 is 29.7 Å². The van der Waals surface area contributed by atoms with Gasteiger partial charge >= 0.3 is 99.5 Å². The third-order valence-corrected chi connectivity index (χ3v) is 17.2. The molecule has 74 heavy (non-hydrogen) atoms. The van der Waals surface area contributed by atoms with E-state index in [1.165, 1.54) is 250 Å². The van der Waals surface area contributed by atoms with Crippen molar-refractivity contribution in [1.82, 2.24) is 0 Å². The second-order valence-corrected chi connectivity index (χ2v) is 26.2. The molecular formula is C63H126O9SiTi. The summed E-state index contributed by atoms with van der Waals surface area (Å²) in [5.74, 6) is -2.71. The molecule has 9 nitrogen and oxygen atoms in total. The van der Waals surface area contributed by atoms with Crippen LogP contribution in [0.5, 0.6) is 0 Å². The zero-order valence-corrected chi connectivity index (χ0v) is 52.9. The van der Waals surface area contributed by atoms with E-state index in [0.29, 0.717) is 0 Å². The second-order valence-electron chi connectivity index (χ2n) is 21.3.